The number of nitrogens with two attached hydrogens (primary N) is 2. The number of guanidine groups is 1. The molecule has 1 aromatic heterocycles. The van der Waals surface area contributed by atoms with Gasteiger partial charge in [0.25, 0.3) is 0 Å². The zero-order valence-electron chi connectivity index (χ0n) is 6.48. The summed E-state index contributed by atoms with van der Waals surface area (Å²) in [5, 5.41) is 6.95. The fraction of sp³-hybridized carbons (Fsp3) is 0. The molecule has 4 N–H and O–H groups in total. The van der Waals surface area contributed by atoms with E-state index in [4.69, 9.17) is 15.9 Å². The summed E-state index contributed by atoms with van der Waals surface area (Å²) in [6.45, 7) is 0. The van der Waals surface area contributed by atoms with Crippen molar-refractivity contribution in [2.75, 3.05) is 0 Å². The van der Waals surface area contributed by atoms with E-state index < -0.39 is 0 Å². The molecular weight excluding hydrogens is 259 g/mol. The molecule has 0 spiro atoms. The maximum atomic E-state index is 5.04. The van der Waals surface area contributed by atoms with Crippen molar-refractivity contribution in [3.05, 3.63) is 22.6 Å². The van der Waals surface area contributed by atoms with Gasteiger partial charge in [-0.25, -0.2) is 0 Å². The zero-order chi connectivity index (χ0) is 8.97. The van der Waals surface area contributed by atoms with E-state index in [1.165, 1.54) is 12.5 Å². The molecule has 0 atom stereocenters. The molecule has 0 bridgehead atoms. The second-order valence-corrected chi connectivity index (χ2v) is 2.85. The summed E-state index contributed by atoms with van der Waals surface area (Å²) in [4.78, 5) is 0. The van der Waals surface area contributed by atoms with E-state index in [2.05, 4.69) is 26.1 Å². The van der Waals surface area contributed by atoms with E-state index in [1.54, 1.807) is 6.07 Å². The van der Waals surface area contributed by atoms with Crippen LogP contribution in [0, 0.1) is 0 Å². The minimum atomic E-state index is -0.0862. The minimum Gasteiger partial charge on any atom is -0.462 e. The highest BCUT2D eigenvalue weighted by atomic mass is 79.9. The van der Waals surface area contributed by atoms with Gasteiger partial charge in [-0.15, -0.1) is 17.5 Å². The first-order valence-corrected chi connectivity index (χ1v) is 3.84. The molecule has 1 heterocycles. The third-order valence-corrected chi connectivity index (χ3v) is 1.36. The van der Waals surface area contributed by atoms with Crippen LogP contribution in [-0.4, -0.2) is 12.2 Å². The normalized spacial score (nSPS) is 9.62. The van der Waals surface area contributed by atoms with Gasteiger partial charge in [0, 0.05) is 0 Å². The maximum Gasteiger partial charge on any atom is 0.211 e. The van der Waals surface area contributed by atoms with E-state index in [1.807, 2.05) is 0 Å². The SMILES string of the molecule is Cl.NC(N)=N/N=C/c1cc(Br)co1. The van der Waals surface area contributed by atoms with Gasteiger partial charge < -0.3 is 15.9 Å². The fourth-order valence-corrected chi connectivity index (χ4v) is 0.867. The molecule has 0 aliphatic carbocycles. The molecule has 1 rings (SSSR count). The van der Waals surface area contributed by atoms with Gasteiger partial charge in [-0.1, -0.05) is 0 Å². The summed E-state index contributed by atoms with van der Waals surface area (Å²) in [6.07, 6.45) is 2.95. The molecule has 13 heavy (non-hydrogen) atoms. The average Bonchev–Trinajstić information content (AvgIpc) is 2.35. The average molecular weight is 268 g/mol. The summed E-state index contributed by atoms with van der Waals surface area (Å²) in [5.74, 6) is 0.490. The van der Waals surface area contributed by atoms with Gasteiger partial charge >= 0.3 is 0 Å². The van der Waals surface area contributed by atoms with Crippen molar-refractivity contribution in [2.45, 2.75) is 0 Å². The van der Waals surface area contributed by atoms with Crippen molar-refractivity contribution >= 4 is 40.5 Å². The van der Waals surface area contributed by atoms with Crippen molar-refractivity contribution in [3.63, 3.8) is 0 Å². The first-order chi connectivity index (χ1) is 5.68. The predicted octanol–water partition coefficient (Wildman–Crippen LogP) is 1.07. The van der Waals surface area contributed by atoms with Gasteiger partial charge in [0.15, 0.2) is 0 Å². The van der Waals surface area contributed by atoms with Crippen LogP contribution < -0.4 is 11.5 Å². The van der Waals surface area contributed by atoms with Gasteiger partial charge in [0.05, 0.1) is 10.7 Å². The number of hydrogen-bond donors (Lipinski definition) is 2. The number of hydrogen-bond acceptors (Lipinski definition) is 3. The lowest BCUT2D eigenvalue weighted by Crippen LogP contribution is -2.21. The van der Waals surface area contributed by atoms with Gasteiger partial charge in [0.1, 0.15) is 12.0 Å². The lowest BCUT2D eigenvalue weighted by molar-refractivity contribution is 0.559. The highest BCUT2D eigenvalue weighted by Crippen LogP contribution is 2.11. The summed E-state index contributed by atoms with van der Waals surface area (Å²) >= 11 is 3.21. The van der Waals surface area contributed by atoms with Crippen LogP contribution in [0.5, 0.6) is 0 Å². The molecule has 0 saturated carbocycles. The van der Waals surface area contributed by atoms with Crippen LogP contribution in [0.25, 0.3) is 0 Å². The maximum absolute atomic E-state index is 5.04. The molecule has 7 heteroatoms. The Balaban J connectivity index is 0.00000144. The summed E-state index contributed by atoms with van der Waals surface area (Å²) in [6, 6.07) is 1.74. The number of furan rings is 1. The Morgan fingerprint density at radius 2 is 2.23 bits per heavy atom. The largest absolute Gasteiger partial charge is 0.462 e. The van der Waals surface area contributed by atoms with Crippen LogP contribution in [0.4, 0.5) is 0 Å². The van der Waals surface area contributed by atoms with Crippen molar-refractivity contribution in [2.24, 2.45) is 21.7 Å². The van der Waals surface area contributed by atoms with Gasteiger partial charge in [-0.3, -0.25) is 0 Å². The monoisotopic (exact) mass is 266 g/mol. The Labute approximate surface area is 89.4 Å². The topological polar surface area (TPSA) is 89.9 Å². The van der Waals surface area contributed by atoms with E-state index in [-0.39, 0.29) is 18.4 Å². The van der Waals surface area contributed by atoms with Crippen LogP contribution in [0.1, 0.15) is 5.76 Å². The predicted molar refractivity (Wildman–Crippen MR) is 57.1 cm³/mol. The highest BCUT2D eigenvalue weighted by Gasteiger charge is 1.93. The summed E-state index contributed by atoms with van der Waals surface area (Å²) in [7, 11) is 0. The van der Waals surface area contributed by atoms with Gasteiger partial charge in [-0.2, -0.15) is 5.10 Å². The van der Waals surface area contributed by atoms with Crippen LogP contribution in [0.2, 0.25) is 0 Å². The molecule has 0 aliphatic heterocycles. The number of rotatable bonds is 2. The van der Waals surface area contributed by atoms with E-state index in [9.17, 15) is 0 Å². The molecular formula is C6H8BrClN4O. The fourth-order valence-electron chi connectivity index (χ4n) is 0.548. The summed E-state index contributed by atoms with van der Waals surface area (Å²) in [5.41, 5.74) is 10.1. The Kier molecular flexibility index (Phi) is 5.17. The molecule has 0 saturated heterocycles. The Morgan fingerprint density at radius 3 is 2.69 bits per heavy atom. The molecule has 0 amide bonds. The van der Waals surface area contributed by atoms with Crippen LogP contribution in [0.15, 0.2) is 31.4 Å². The van der Waals surface area contributed by atoms with Crippen molar-refractivity contribution in [3.8, 4) is 0 Å². The van der Waals surface area contributed by atoms with Crippen molar-refractivity contribution in [1.29, 1.82) is 0 Å². The van der Waals surface area contributed by atoms with Gasteiger partial charge in [-0.05, 0) is 22.0 Å². The van der Waals surface area contributed by atoms with Crippen LogP contribution in [-0.2, 0) is 0 Å². The first kappa shape index (κ1) is 12.0. The van der Waals surface area contributed by atoms with Gasteiger partial charge in [0.2, 0.25) is 5.96 Å². The Morgan fingerprint density at radius 1 is 1.54 bits per heavy atom. The molecule has 5 nitrogen and oxygen atoms in total. The number of halogens is 2. The summed E-state index contributed by atoms with van der Waals surface area (Å²) < 4.78 is 5.84. The van der Waals surface area contributed by atoms with Crippen molar-refractivity contribution in [1.82, 2.24) is 0 Å². The molecule has 0 aliphatic rings. The van der Waals surface area contributed by atoms with Crippen molar-refractivity contribution < 1.29 is 4.42 Å². The lowest BCUT2D eigenvalue weighted by atomic mass is 10.5. The zero-order valence-corrected chi connectivity index (χ0v) is 8.88. The van der Waals surface area contributed by atoms with E-state index in [0.29, 0.717) is 5.76 Å². The quantitative estimate of drug-likeness (QED) is 0.477. The minimum absolute atomic E-state index is 0. The van der Waals surface area contributed by atoms with E-state index >= 15 is 0 Å². The second kappa shape index (κ2) is 5.60. The Hall–Kier alpha value is -1.01. The number of nitrogens with zero attached hydrogens (tertiary/aromatic N) is 2. The Bertz CT molecular complexity index is 318. The molecule has 0 aromatic carbocycles. The van der Waals surface area contributed by atoms with E-state index in [0.717, 1.165) is 4.47 Å². The molecule has 0 radical (unpaired) electrons. The third-order valence-electron chi connectivity index (χ3n) is 0.946. The standard InChI is InChI=1S/C6H7BrN4O.ClH/c7-4-1-5(12-3-4)2-10-11-6(8)9;/h1-3H,(H4,8,9,11);1H/b10-2+;. The third kappa shape index (κ3) is 4.54. The van der Waals surface area contributed by atoms with Crippen LogP contribution in [0.3, 0.4) is 0 Å². The highest BCUT2D eigenvalue weighted by molar-refractivity contribution is 9.10. The molecule has 0 unspecified atom stereocenters. The molecule has 1 aromatic rings. The molecule has 72 valence electrons. The smallest absolute Gasteiger partial charge is 0.211 e. The lowest BCUT2D eigenvalue weighted by Gasteiger charge is -1.82. The second-order valence-electron chi connectivity index (χ2n) is 1.94. The first-order valence-electron chi connectivity index (χ1n) is 3.04. The van der Waals surface area contributed by atoms with Crippen LogP contribution >= 0.6 is 28.3 Å². The molecule has 0 fully saturated rings.